The lowest BCUT2D eigenvalue weighted by atomic mass is 9.99. The SMILES string of the molecule is COc1ccccc1C(C)CNC(C)c1ccc(S(C)(=O)=O)cc1. The average molecular weight is 347 g/mol. The van der Waals surface area contributed by atoms with Gasteiger partial charge in [0.05, 0.1) is 12.0 Å². The molecule has 0 saturated carbocycles. The Labute approximate surface area is 144 Å². The molecule has 0 aliphatic rings. The molecule has 4 nitrogen and oxygen atoms in total. The van der Waals surface area contributed by atoms with Gasteiger partial charge in [0, 0.05) is 18.8 Å². The molecule has 0 spiro atoms. The van der Waals surface area contributed by atoms with Gasteiger partial charge in [-0.2, -0.15) is 0 Å². The standard InChI is InChI=1S/C19H25NO3S/c1-14(18-7-5-6-8-19(18)23-3)13-20-15(2)16-9-11-17(12-10-16)24(4,21)22/h5-12,14-15,20H,13H2,1-4H3. The van der Waals surface area contributed by atoms with Crippen LogP contribution in [0.3, 0.4) is 0 Å². The first-order valence-corrected chi connectivity index (χ1v) is 9.88. The summed E-state index contributed by atoms with van der Waals surface area (Å²) in [6.45, 7) is 5.03. The third-order valence-electron chi connectivity index (χ3n) is 4.21. The summed E-state index contributed by atoms with van der Waals surface area (Å²) in [5, 5.41) is 3.50. The lowest BCUT2D eigenvalue weighted by molar-refractivity contribution is 0.404. The van der Waals surface area contributed by atoms with Crippen LogP contribution in [0.5, 0.6) is 5.75 Å². The minimum atomic E-state index is -3.15. The second kappa shape index (κ2) is 7.81. The number of ether oxygens (including phenoxy) is 1. The Morgan fingerprint density at radius 2 is 1.67 bits per heavy atom. The average Bonchev–Trinajstić information content (AvgIpc) is 2.58. The number of rotatable bonds is 7. The zero-order valence-corrected chi connectivity index (χ0v) is 15.4. The highest BCUT2D eigenvalue weighted by molar-refractivity contribution is 7.90. The van der Waals surface area contributed by atoms with Crippen LogP contribution < -0.4 is 10.1 Å². The van der Waals surface area contributed by atoms with Gasteiger partial charge in [0.25, 0.3) is 0 Å². The molecule has 24 heavy (non-hydrogen) atoms. The number of benzene rings is 2. The van der Waals surface area contributed by atoms with Crippen LogP contribution in [-0.2, 0) is 9.84 Å². The van der Waals surface area contributed by atoms with Crippen molar-refractivity contribution >= 4 is 9.84 Å². The highest BCUT2D eigenvalue weighted by atomic mass is 32.2. The Bertz CT molecular complexity index is 769. The van der Waals surface area contributed by atoms with E-state index in [4.69, 9.17) is 4.74 Å². The van der Waals surface area contributed by atoms with Crippen molar-refractivity contribution in [2.75, 3.05) is 19.9 Å². The summed E-state index contributed by atoms with van der Waals surface area (Å²) in [4.78, 5) is 0.348. The number of para-hydroxylation sites is 1. The van der Waals surface area contributed by atoms with Gasteiger partial charge >= 0.3 is 0 Å². The van der Waals surface area contributed by atoms with E-state index < -0.39 is 9.84 Å². The molecule has 0 saturated heterocycles. The molecule has 1 N–H and O–H groups in total. The monoisotopic (exact) mass is 347 g/mol. The van der Waals surface area contributed by atoms with Crippen molar-refractivity contribution in [1.29, 1.82) is 0 Å². The van der Waals surface area contributed by atoms with Gasteiger partial charge in [-0.3, -0.25) is 0 Å². The summed E-state index contributed by atoms with van der Waals surface area (Å²) in [5.41, 5.74) is 2.24. The molecule has 2 atom stereocenters. The number of sulfone groups is 1. The Hall–Kier alpha value is -1.85. The van der Waals surface area contributed by atoms with E-state index >= 15 is 0 Å². The van der Waals surface area contributed by atoms with E-state index in [1.54, 1.807) is 19.2 Å². The first-order valence-electron chi connectivity index (χ1n) is 7.99. The van der Waals surface area contributed by atoms with Crippen molar-refractivity contribution in [1.82, 2.24) is 5.32 Å². The van der Waals surface area contributed by atoms with Crippen molar-refractivity contribution in [2.24, 2.45) is 0 Å². The van der Waals surface area contributed by atoms with E-state index in [0.717, 1.165) is 17.9 Å². The lowest BCUT2D eigenvalue weighted by Crippen LogP contribution is -2.23. The highest BCUT2D eigenvalue weighted by Gasteiger charge is 2.13. The fourth-order valence-electron chi connectivity index (χ4n) is 2.66. The molecule has 0 aliphatic carbocycles. The van der Waals surface area contributed by atoms with E-state index in [-0.39, 0.29) is 6.04 Å². The van der Waals surface area contributed by atoms with E-state index in [1.165, 1.54) is 11.8 Å². The fourth-order valence-corrected chi connectivity index (χ4v) is 3.29. The van der Waals surface area contributed by atoms with Crippen LogP contribution in [0, 0.1) is 0 Å². The molecule has 2 aromatic rings. The molecule has 0 fully saturated rings. The van der Waals surface area contributed by atoms with Gasteiger partial charge in [0.15, 0.2) is 9.84 Å². The molecule has 2 rings (SSSR count). The van der Waals surface area contributed by atoms with Crippen LogP contribution in [0.2, 0.25) is 0 Å². The molecule has 0 amide bonds. The molecule has 2 aromatic carbocycles. The highest BCUT2D eigenvalue weighted by Crippen LogP contribution is 2.26. The minimum Gasteiger partial charge on any atom is -0.496 e. The molecule has 0 bridgehead atoms. The molecule has 2 unspecified atom stereocenters. The van der Waals surface area contributed by atoms with Gasteiger partial charge in [-0.1, -0.05) is 37.3 Å². The maximum absolute atomic E-state index is 11.5. The zero-order valence-electron chi connectivity index (χ0n) is 14.6. The summed E-state index contributed by atoms with van der Waals surface area (Å²) < 4.78 is 28.5. The topological polar surface area (TPSA) is 55.4 Å². The van der Waals surface area contributed by atoms with Gasteiger partial charge in [-0.15, -0.1) is 0 Å². The van der Waals surface area contributed by atoms with E-state index in [2.05, 4.69) is 25.2 Å². The van der Waals surface area contributed by atoms with Crippen LogP contribution in [0.15, 0.2) is 53.4 Å². The van der Waals surface area contributed by atoms with Gasteiger partial charge in [-0.05, 0) is 42.2 Å². The number of hydrogen-bond donors (Lipinski definition) is 1. The van der Waals surface area contributed by atoms with E-state index in [1.807, 2.05) is 30.3 Å². The molecular formula is C19H25NO3S. The second-order valence-corrected chi connectivity index (χ2v) is 8.13. The normalized spacial score (nSPS) is 14.2. The summed E-state index contributed by atoms with van der Waals surface area (Å²) in [7, 11) is -1.46. The molecule has 0 aromatic heterocycles. The lowest BCUT2D eigenvalue weighted by Gasteiger charge is -2.20. The third kappa shape index (κ3) is 4.58. The fraction of sp³-hybridized carbons (Fsp3) is 0.368. The van der Waals surface area contributed by atoms with Crippen molar-refractivity contribution < 1.29 is 13.2 Å². The first kappa shape index (κ1) is 18.5. The summed E-state index contributed by atoms with van der Waals surface area (Å²) in [5.74, 6) is 1.20. The molecule has 0 heterocycles. The van der Waals surface area contributed by atoms with Crippen LogP contribution >= 0.6 is 0 Å². The Kier molecular flexibility index (Phi) is 6.02. The number of nitrogens with one attached hydrogen (secondary N) is 1. The predicted octanol–water partition coefficient (Wildman–Crippen LogP) is 3.55. The minimum absolute atomic E-state index is 0.135. The zero-order chi connectivity index (χ0) is 17.7. The van der Waals surface area contributed by atoms with E-state index in [0.29, 0.717) is 10.8 Å². The van der Waals surface area contributed by atoms with Gasteiger partial charge in [-0.25, -0.2) is 8.42 Å². The van der Waals surface area contributed by atoms with Crippen molar-refractivity contribution in [3.05, 3.63) is 59.7 Å². The van der Waals surface area contributed by atoms with E-state index in [9.17, 15) is 8.42 Å². The molecule has 0 radical (unpaired) electrons. The molecule has 0 aliphatic heterocycles. The Morgan fingerprint density at radius 1 is 1.04 bits per heavy atom. The van der Waals surface area contributed by atoms with Gasteiger partial charge < -0.3 is 10.1 Å². The molecule has 130 valence electrons. The van der Waals surface area contributed by atoms with Crippen molar-refractivity contribution in [3.8, 4) is 5.75 Å². The summed E-state index contributed by atoms with van der Waals surface area (Å²) >= 11 is 0. The smallest absolute Gasteiger partial charge is 0.175 e. The van der Waals surface area contributed by atoms with Crippen LogP contribution in [0.1, 0.15) is 36.9 Å². The maximum atomic E-state index is 11.5. The van der Waals surface area contributed by atoms with Gasteiger partial charge in [0.2, 0.25) is 0 Å². The Morgan fingerprint density at radius 3 is 2.25 bits per heavy atom. The van der Waals surface area contributed by atoms with Crippen LogP contribution in [0.25, 0.3) is 0 Å². The Balaban J connectivity index is 2.01. The van der Waals surface area contributed by atoms with Crippen LogP contribution in [-0.4, -0.2) is 28.3 Å². The second-order valence-electron chi connectivity index (χ2n) is 6.11. The molecular weight excluding hydrogens is 322 g/mol. The summed E-state index contributed by atoms with van der Waals surface area (Å²) in [6.07, 6.45) is 1.22. The van der Waals surface area contributed by atoms with Crippen molar-refractivity contribution in [2.45, 2.75) is 30.7 Å². The van der Waals surface area contributed by atoms with Crippen LogP contribution in [0.4, 0.5) is 0 Å². The largest absolute Gasteiger partial charge is 0.496 e. The number of hydrogen-bond acceptors (Lipinski definition) is 4. The third-order valence-corrected chi connectivity index (χ3v) is 5.34. The predicted molar refractivity (Wildman–Crippen MR) is 97.4 cm³/mol. The molecule has 5 heteroatoms. The van der Waals surface area contributed by atoms with Gasteiger partial charge in [0.1, 0.15) is 5.75 Å². The summed E-state index contributed by atoms with van der Waals surface area (Å²) in [6, 6.07) is 15.2. The maximum Gasteiger partial charge on any atom is 0.175 e. The van der Waals surface area contributed by atoms with Crippen molar-refractivity contribution in [3.63, 3.8) is 0 Å². The first-order chi connectivity index (χ1) is 11.3. The quantitative estimate of drug-likeness (QED) is 0.832. The number of methoxy groups -OCH3 is 1.